The van der Waals surface area contributed by atoms with Crippen molar-refractivity contribution in [1.82, 2.24) is 0 Å². The lowest BCUT2D eigenvalue weighted by atomic mass is 10.2. The molecule has 0 aliphatic heterocycles. The van der Waals surface area contributed by atoms with Gasteiger partial charge in [-0.2, -0.15) is 0 Å². The van der Waals surface area contributed by atoms with Crippen molar-refractivity contribution in [3.63, 3.8) is 0 Å². The first-order valence-electron chi connectivity index (χ1n) is 4.97. The van der Waals surface area contributed by atoms with Crippen LogP contribution in [0.15, 0.2) is 36.9 Å². The van der Waals surface area contributed by atoms with E-state index in [4.69, 9.17) is 21.4 Å². The predicted molar refractivity (Wildman–Crippen MR) is 64.8 cm³/mol. The van der Waals surface area contributed by atoms with Gasteiger partial charge in [0.1, 0.15) is 17.9 Å². The molecule has 0 aliphatic rings. The van der Waals surface area contributed by atoms with Crippen LogP contribution in [0.4, 0.5) is 0 Å². The quantitative estimate of drug-likeness (QED) is 0.487. The number of hydrogen-bond acceptors (Lipinski definition) is 4. The van der Waals surface area contributed by atoms with Crippen LogP contribution in [-0.2, 0) is 9.53 Å². The molecule has 6 heteroatoms. The summed E-state index contributed by atoms with van der Waals surface area (Å²) in [5.74, 6) is -1.63. The Bertz CT molecular complexity index is 458. The number of carbonyl (C=O) groups excluding carboxylic acids is 1. The van der Waals surface area contributed by atoms with E-state index in [9.17, 15) is 9.59 Å². The Morgan fingerprint density at radius 2 is 2.11 bits per heavy atom. The number of aromatic carboxylic acids is 1. The monoisotopic (exact) mass is 270 g/mol. The first kappa shape index (κ1) is 14.1. The van der Waals surface area contributed by atoms with Gasteiger partial charge in [0.15, 0.2) is 0 Å². The van der Waals surface area contributed by atoms with Gasteiger partial charge in [-0.3, -0.25) is 0 Å². The summed E-state index contributed by atoms with van der Waals surface area (Å²) in [6.07, 6.45) is 0.973. The third-order valence-corrected chi connectivity index (χ3v) is 2.11. The molecule has 0 heterocycles. The fourth-order valence-electron chi connectivity index (χ4n) is 1.13. The van der Waals surface area contributed by atoms with Gasteiger partial charge in [-0.05, 0) is 12.1 Å². The van der Waals surface area contributed by atoms with Crippen molar-refractivity contribution in [2.24, 2.45) is 0 Å². The van der Waals surface area contributed by atoms with Crippen LogP contribution in [0.1, 0.15) is 10.4 Å². The molecular formula is C12H11ClO5. The molecule has 96 valence electrons. The SMILES string of the molecule is C=CC(=O)OC(Cl)COc1ccccc1C(=O)O. The Hall–Kier alpha value is -2.01. The molecule has 0 bridgehead atoms. The highest BCUT2D eigenvalue weighted by Gasteiger charge is 2.14. The van der Waals surface area contributed by atoms with Gasteiger partial charge in [-0.25, -0.2) is 9.59 Å². The third kappa shape index (κ3) is 4.10. The Labute approximate surface area is 109 Å². The van der Waals surface area contributed by atoms with Gasteiger partial charge in [-0.1, -0.05) is 30.3 Å². The Balaban J connectivity index is 2.60. The second-order valence-corrected chi connectivity index (χ2v) is 3.65. The Kier molecular flexibility index (Phi) is 5.20. The van der Waals surface area contributed by atoms with E-state index < -0.39 is 17.5 Å². The van der Waals surface area contributed by atoms with E-state index in [1.165, 1.54) is 12.1 Å². The summed E-state index contributed by atoms with van der Waals surface area (Å²) in [6.45, 7) is 3.06. The molecule has 1 atom stereocenters. The lowest BCUT2D eigenvalue weighted by Crippen LogP contribution is -2.19. The molecule has 0 amide bonds. The van der Waals surface area contributed by atoms with Crippen LogP contribution in [-0.4, -0.2) is 29.2 Å². The normalized spacial score (nSPS) is 11.4. The number of para-hydroxylation sites is 1. The fourth-order valence-corrected chi connectivity index (χ4v) is 1.28. The summed E-state index contributed by atoms with van der Waals surface area (Å²) in [5, 5.41) is 8.90. The van der Waals surface area contributed by atoms with Crippen LogP contribution in [0.2, 0.25) is 0 Å². The van der Waals surface area contributed by atoms with Crippen molar-refractivity contribution in [2.45, 2.75) is 5.56 Å². The van der Waals surface area contributed by atoms with Crippen molar-refractivity contribution < 1.29 is 24.2 Å². The van der Waals surface area contributed by atoms with Gasteiger partial charge in [0, 0.05) is 6.08 Å². The zero-order valence-electron chi connectivity index (χ0n) is 9.34. The van der Waals surface area contributed by atoms with Crippen molar-refractivity contribution in [1.29, 1.82) is 0 Å². The smallest absolute Gasteiger partial charge is 0.339 e. The first-order valence-corrected chi connectivity index (χ1v) is 5.40. The zero-order valence-corrected chi connectivity index (χ0v) is 10.1. The number of hydrogen-bond donors (Lipinski definition) is 1. The summed E-state index contributed by atoms with van der Waals surface area (Å²) in [4.78, 5) is 21.7. The van der Waals surface area contributed by atoms with Crippen molar-refractivity contribution in [2.75, 3.05) is 6.61 Å². The molecule has 18 heavy (non-hydrogen) atoms. The van der Waals surface area contributed by atoms with Gasteiger partial charge in [0.25, 0.3) is 0 Å². The third-order valence-electron chi connectivity index (χ3n) is 1.90. The maximum atomic E-state index is 10.9. The molecule has 1 N–H and O–H groups in total. The van der Waals surface area contributed by atoms with E-state index in [2.05, 4.69) is 11.3 Å². The second-order valence-electron chi connectivity index (χ2n) is 3.16. The molecule has 0 aromatic heterocycles. The minimum Gasteiger partial charge on any atom is -0.487 e. The molecule has 0 aliphatic carbocycles. The number of carboxylic acid groups (broad SMARTS) is 1. The molecule has 1 aromatic rings. The van der Waals surface area contributed by atoms with E-state index in [0.29, 0.717) is 0 Å². The summed E-state index contributed by atoms with van der Waals surface area (Å²) in [5.41, 5.74) is -1.01. The lowest BCUT2D eigenvalue weighted by Gasteiger charge is -2.12. The molecule has 1 unspecified atom stereocenters. The predicted octanol–water partition coefficient (Wildman–Crippen LogP) is 2.06. The number of esters is 1. The summed E-state index contributed by atoms with van der Waals surface area (Å²) in [7, 11) is 0. The number of ether oxygens (including phenoxy) is 2. The molecule has 0 radical (unpaired) electrons. The largest absolute Gasteiger partial charge is 0.487 e. The minimum atomic E-state index is -1.11. The summed E-state index contributed by atoms with van der Waals surface area (Å²) < 4.78 is 9.84. The maximum absolute atomic E-state index is 10.9. The number of carbonyl (C=O) groups is 2. The van der Waals surface area contributed by atoms with Crippen LogP contribution < -0.4 is 4.74 Å². The topological polar surface area (TPSA) is 72.8 Å². The van der Waals surface area contributed by atoms with Crippen LogP contribution >= 0.6 is 11.6 Å². The van der Waals surface area contributed by atoms with Gasteiger partial charge < -0.3 is 14.6 Å². The molecular weight excluding hydrogens is 260 g/mol. The fraction of sp³-hybridized carbons (Fsp3) is 0.167. The highest BCUT2D eigenvalue weighted by molar-refractivity contribution is 6.20. The van der Waals surface area contributed by atoms with E-state index >= 15 is 0 Å². The molecule has 0 saturated heterocycles. The zero-order chi connectivity index (χ0) is 13.5. The average molecular weight is 271 g/mol. The van der Waals surface area contributed by atoms with Gasteiger partial charge in [0.2, 0.25) is 5.56 Å². The molecule has 1 rings (SSSR count). The number of rotatable bonds is 6. The van der Waals surface area contributed by atoms with Crippen LogP contribution in [0.3, 0.4) is 0 Å². The van der Waals surface area contributed by atoms with E-state index in [-0.39, 0.29) is 17.9 Å². The standard InChI is InChI=1S/C12H11ClO5/c1-2-11(14)18-10(13)7-17-9-6-4-3-5-8(9)12(15)16/h2-6,10H,1,7H2,(H,15,16). The van der Waals surface area contributed by atoms with Crippen molar-refractivity contribution in [3.05, 3.63) is 42.5 Å². The number of halogens is 1. The van der Waals surface area contributed by atoms with Crippen molar-refractivity contribution >= 4 is 23.5 Å². The maximum Gasteiger partial charge on any atom is 0.339 e. The summed E-state index contributed by atoms with van der Waals surface area (Å²) >= 11 is 5.67. The van der Waals surface area contributed by atoms with E-state index in [1.807, 2.05) is 0 Å². The second kappa shape index (κ2) is 6.66. The van der Waals surface area contributed by atoms with Gasteiger partial charge >= 0.3 is 11.9 Å². The molecule has 0 fully saturated rings. The van der Waals surface area contributed by atoms with Crippen molar-refractivity contribution in [3.8, 4) is 5.75 Å². The van der Waals surface area contributed by atoms with Gasteiger partial charge in [-0.15, -0.1) is 0 Å². The summed E-state index contributed by atoms with van der Waals surface area (Å²) in [6, 6.07) is 6.09. The molecule has 5 nitrogen and oxygen atoms in total. The highest BCUT2D eigenvalue weighted by atomic mass is 35.5. The van der Waals surface area contributed by atoms with Gasteiger partial charge in [0.05, 0.1) is 0 Å². The minimum absolute atomic E-state index is 0.0106. The van der Waals surface area contributed by atoms with Crippen LogP contribution in [0.5, 0.6) is 5.75 Å². The average Bonchev–Trinajstić information content (AvgIpc) is 2.36. The van der Waals surface area contributed by atoms with Crippen LogP contribution in [0, 0.1) is 0 Å². The lowest BCUT2D eigenvalue weighted by molar-refractivity contribution is -0.140. The van der Waals surface area contributed by atoms with E-state index in [0.717, 1.165) is 6.08 Å². The molecule has 0 saturated carbocycles. The Morgan fingerprint density at radius 3 is 2.72 bits per heavy atom. The van der Waals surface area contributed by atoms with Crippen LogP contribution in [0.25, 0.3) is 0 Å². The van der Waals surface area contributed by atoms with E-state index in [1.54, 1.807) is 12.1 Å². The number of benzene rings is 1. The Morgan fingerprint density at radius 1 is 1.44 bits per heavy atom. The number of alkyl halides is 1. The highest BCUT2D eigenvalue weighted by Crippen LogP contribution is 2.18. The molecule has 1 aromatic carbocycles. The first-order chi connectivity index (χ1) is 8.54. The molecule has 0 spiro atoms. The number of carboxylic acids is 1.